The van der Waals surface area contributed by atoms with E-state index < -0.39 is 0 Å². The maximum Gasteiger partial charge on any atom is 0.225 e. The first-order valence-corrected chi connectivity index (χ1v) is 8.73. The zero-order valence-corrected chi connectivity index (χ0v) is 13.4. The summed E-state index contributed by atoms with van der Waals surface area (Å²) in [7, 11) is 0. The van der Waals surface area contributed by atoms with Crippen LogP contribution < -0.4 is 5.32 Å². The molecule has 1 heterocycles. The molecule has 1 saturated carbocycles. The zero-order chi connectivity index (χ0) is 14.4. The first-order valence-electron chi connectivity index (χ1n) is 8.73. The number of carbonyl (C=O) groups excluding carboxylic acids is 1. The Kier molecular flexibility index (Phi) is 6.34. The number of piperidine rings is 1. The molecule has 0 aromatic heterocycles. The maximum absolute atomic E-state index is 12.8. The molecule has 3 nitrogen and oxygen atoms in total. The van der Waals surface area contributed by atoms with E-state index in [2.05, 4.69) is 24.1 Å². The highest BCUT2D eigenvalue weighted by Crippen LogP contribution is 2.26. The van der Waals surface area contributed by atoms with E-state index in [4.69, 9.17) is 0 Å². The van der Waals surface area contributed by atoms with Crippen LogP contribution in [0.3, 0.4) is 0 Å². The molecule has 0 aromatic rings. The topological polar surface area (TPSA) is 32.3 Å². The van der Waals surface area contributed by atoms with Crippen molar-refractivity contribution in [3.63, 3.8) is 0 Å². The van der Waals surface area contributed by atoms with Crippen LogP contribution in [0, 0.1) is 11.8 Å². The lowest BCUT2D eigenvalue weighted by atomic mass is 9.87. The molecule has 3 heteroatoms. The van der Waals surface area contributed by atoms with Crippen LogP contribution in [0.5, 0.6) is 0 Å². The highest BCUT2D eigenvalue weighted by molar-refractivity contribution is 5.79. The van der Waals surface area contributed by atoms with Crippen molar-refractivity contribution < 1.29 is 4.79 Å². The van der Waals surface area contributed by atoms with Crippen molar-refractivity contribution in [2.24, 2.45) is 11.8 Å². The van der Waals surface area contributed by atoms with Gasteiger partial charge in [0.05, 0.1) is 0 Å². The fourth-order valence-electron chi connectivity index (χ4n) is 3.86. The Labute approximate surface area is 124 Å². The van der Waals surface area contributed by atoms with Gasteiger partial charge < -0.3 is 10.2 Å². The molecule has 1 saturated heterocycles. The lowest BCUT2D eigenvalue weighted by molar-refractivity contribution is -0.137. The minimum absolute atomic E-state index is 0.265. The van der Waals surface area contributed by atoms with Crippen LogP contribution in [-0.2, 0) is 4.79 Å². The molecule has 1 aliphatic carbocycles. The van der Waals surface area contributed by atoms with E-state index in [0.717, 1.165) is 44.8 Å². The van der Waals surface area contributed by atoms with Crippen molar-refractivity contribution in [2.75, 3.05) is 19.6 Å². The van der Waals surface area contributed by atoms with Crippen LogP contribution in [0.15, 0.2) is 0 Å². The summed E-state index contributed by atoms with van der Waals surface area (Å²) in [4.78, 5) is 15.0. The molecule has 0 spiro atoms. The average molecular weight is 280 g/mol. The molecule has 0 bridgehead atoms. The van der Waals surface area contributed by atoms with Crippen LogP contribution in [-0.4, -0.2) is 36.5 Å². The third-order valence-electron chi connectivity index (χ3n) is 4.98. The summed E-state index contributed by atoms with van der Waals surface area (Å²) in [6, 6.07) is 0.496. The fraction of sp³-hybridized carbons (Fsp3) is 0.941. The minimum Gasteiger partial charge on any atom is -0.342 e. The second-order valence-electron chi connectivity index (χ2n) is 6.86. The lowest BCUT2D eigenvalue weighted by Crippen LogP contribution is -2.45. The van der Waals surface area contributed by atoms with Crippen LogP contribution in [0.4, 0.5) is 0 Å². The standard InChI is InChI=1S/C17H32N2O/c1-3-11-19(13-15-7-5-4-6-8-15)17(20)16-9-10-18-14(2)12-16/h14-16,18H,3-13H2,1-2H3/t14-,16-/m0/s1. The molecule has 0 unspecified atom stereocenters. The van der Waals surface area contributed by atoms with Gasteiger partial charge >= 0.3 is 0 Å². The molecule has 2 aliphatic rings. The summed E-state index contributed by atoms with van der Waals surface area (Å²) < 4.78 is 0. The SMILES string of the molecule is CCCN(CC1CCCCC1)C(=O)[C@H]1CCN[C@@H](C)C1. The average Bonchev–Trinajstić information content (AvgIpc) is 2.47. The Morgan fingerprint density at radius 3 is 2.60 bits per heavy atom. The van der Waals surface area contributed by atoms with Gasteiger partial charge in [0.2, 0.25) is 5.91 Å². The molecular formula is C17H32N2O. The zero-order valence-electron chi connectivity index (χ0n) is 13.4. The van der Waals surface area contributed by atoms with Crippen LogP contribution in [0.1, 0.15) is 65.2 Å². The van der Waals surface area contributed by atoms with Gasteiger partial charge in [0, 0.05) is 25.0 Å². The Morgan fingerprint density at radius 1 is 1.20 bits per heavy atom. The van der Waals surface area contributed by atoms with E-state index in [1.165, 1.54) is 32.1 Å². The van der Waals surface area contributed by atoms with E-state index >= 15 is 0 Å². The quantitative estimate of drug-likeness (QED) is 0.839. The molecule has 1 aliphatic heterocycles. The number of nitrogens with zero attached hydrogens (tertiary/aromatic N) is 1. The van der Waals surface area contributed by atoms with Gasteiger partial charge in [-0.1, -0.05) is 26.2 Å². The molecule has 116 valence electrons. The number of hydrogen-bond donors (Lipinski definition) is 1. The van der Waals surface area contributed by atoms with Gasteiger partial charge in [0.25, 0.3) is 0 Å². The third-order valence-corrected chi connectivity index (χ3v) is 4.98. The lowest BCUT2D eigenvalue weighted by Gasteiger charge is -2.35. The largest absolute Gasteiger partial charge is 0.342 e. The number of nitrogens with one attached hydrogen (secondary N) is 1. The summed E-state index contributed by atoms with van der Waals surface area (Å²) >= 11 is 0. The van der Waals surface area contributed by atoms with Crippen molar-refractivity contribution in [1.29, 1.82) is 0 Å². The Balaban J connectivity index is 1.90. The molecule has 2 atom stereocenters. The van der Waals surface area contributed by atoms with E-state index in [0.29, 0.717) is 11.9 Å². The molecular weight excluding hydrogens is 248 g/mol. The number of rotatable bonds is 5. The molecule has 20 heavy (non-hydrogen) atoms. The fourth-order valence-corrected chi connectivity index (χ4v) is 3.86. The van der Waals surface area contributed by atoms with Crippen molar-refractivity contribution in [1.82, 2.24) is 10.2 Å². The van der Waals surface area contributed by atoms with Crippen molar-refractivity contribution >= 4 is 5.91 Å². The smallest absolute Gasteiger partial charge is 0.225 e. The van der Waals surface area contributed by atoms with E-state index in [1.807, 2.05) is 0 Å². The molecule has 2 rings (SSSR count). The maximum atomic E-state index is 12.8. The summed E-state index contributed by atoms with van der Waals surface area (Å²) in [5.74, 6) is 1.46. The first kappa shape index (κ1) is 15.8. The predicted octanol–water partition coefficient (Wildman–Crippen LogP) is 3.19. The Hall–Kier alpha value is -0.570. The van der Waals surface area contributed by atoms with Gasteiger partial charge in [0.15, 0.2) is 0 Å². The van der Waals surface area contributed by atoms with Gasteiger partial charge in [-0.2, -0.15) is 0 Å². The van der Waals surface area contributed by atoms with Crippen LogP contribution in [0.25, 0.3) is 0 Å². The van der Waals surface area contributed by atoms with Crippen molar-refractivity contribution in [3.8, 4) is 0 Å². The number of hydrogen-bond acceptors (Lipinski definition) is 2. The van der Waals surface area contributed by atoms with E-state index in [1.54, 1.807) is 0 Å². The molecule has 0 aromatic carbocycles. The Bertz CT molecular complexity index is 299. The summed E-state index contributed by atoms with van der Waals surface area (Å²) in [5.41, 5.74) is 0. The molecule has 2 fully saturated rings. The van der Waals surface area contributed by atoms with Crippen LogP contribution in [0.2, 0.25) is 0 Å². The third kappa shape index (κ3) is 4.47. The van der Waals surface area contributed by atoms with E-state index in [9.17, 15) is 4.79 Å². The highest BCUT2D eigenvalue weighted by atomic mass is 16.2. The second-order valence-corrected chi connectivity index (χ2v) is 6.86. The van der Waals surface area contributed by atoms with Gasteiger partial charge in [-0.3, -0.25) is 4.79 Å². The molecule has 0 radical (unpaired) electrons. The van der Waals surface area contributed by atoms with Gasteiger partial charge in [0.1, 0.15) is 0 Å². The highest BCUT2D eigenvalue weighted by Gasteiger charge is 2.29. The van der Waals surface area contributed by atoms with Crippen molar-refractivity contribution in [3.05, 3.63) is 0 Å². The predicted molar refractivity (Wildman–Crippen MR) is 83.6 cm³/mol. The second kappa shape index (κ2) is 8.02. The summed E-state index contributed by atoms with van der Waals surface area (Å²) in [5, 5.41) is 3.45. The summed E-state index contributed by atoms with van der Waals surface area (Å²) in [6.45, 7) is 7.36. The van der Waals surface area contributed by atoms with Crippen LogP contribution >= 0.6 is 0 Å². The first-order chi connectivity index (χ1) is 9.70. The van der Waals surface area contributed by atoms with Crippen molar-refractivity contribution in [2.45, 2.75) is 71.3 Å². The Morgan fingerprint density at radius 2 is 1.95 bits per heavy atom. The minimum atomic E-state index is 0.265. The van der Waals surface area contributed by atoms with E-state index in [-0.39, 0.29) is 5.92 Å². The van der Waals surface area contributed by atoms with Gasteiger partial charge in [-0.25, -0.2) is 0 Å². The molecule has 1 N–H and O–H groups in total. The van der Waals surface area contributed by atoms with Gasteiger partial charge in [-0.15, -0.1) is 0 Å². The normalized spacial score (nSPS) is 28.3. The summed E-state index contributed by atoms with van der Waals surface area (Å²) in [6.07, 6.45) is 9.90. The molecule has 1 amide bonds. The number of carbonyl (C=O) groups is 1. The van der Waals surface area contributed by atoms with Gasteiger partial charge in [-0.05, 0) is 51.5 Å². The number of amides is 1. The monoisotopic (exact) mass is 280 g/mol.